The normalized spacial score (nSPS) is 34.4. The Morgan fingerprint density at radius 3 is 3.07 bits per heavy atom. The van der Waals surface area contributed by atoms with Crippen molar-refractivity contribution in [1.82, 2.24) is 0 Å². The fraction of sp³-hybridized carbons (Fsp3) is 0.727. The lowest BCUT2D eigenvalue weighted by Gasteiger charge is -2.17. The third-order valence-electron chi connectivity index (χ3n) is 2.93. The minimum absolute atomic E-state index is 0.103. The second-order valence-electron chi connectivity index (χ2n) is 4.07. The molecule has 0 bridgehead atoms. The molecular formula is C11H16O3. The van der Waals surface area contributed by atoms with Crippen molar-refractivity contribution in [2.75, 3.05) is 6.61 Å². The molecule has 3 nitrogen and oxygen atoms in total. The molecule has 3 atom stereocenters. The first-order valence-corrected chi connectivity index (χ1v) is 5.21. The second-order valence-corrected chi connectivity index (χ2v) is 4.07. The highest BCUT2D eigenvalue weighted by Crippen LogP contribution is 2.40. The molecule has 0 N–H and O–H groups in total. The number of carbonyl (C=O) groups excluding carboxylic acids is 1. The molecule has 14 heavy (non-hydrogen) atoms. The van der Waals surface area contributed by atoms with E-state index in [4.69, 9.17) is 9.47 Å². The first-order chi connectivity index (χ1) is 6.79. The maximum Gasteiger partial charge on any atom is 0.306 e. The summed E-state index contributed by atoms with van der Waals surface area (Å²) in [6, 6.07) is 0. The number of fused-ring (bicyclic) bond motifs is 1. The highest BCUT2D eigenvalue weighted by atomic mass is 16.6. The van der Waals surface area contributed by atoms with Crippen LogP contribution in [0, 0.1) is 5.92 Å². The van der Waals surface area contributed by atoms with E-state index in [2.05, 4.69) is 6.58 Å². The zero-order valence-corrected chi connectivity index (χ0v) is 8.28. The summed E-state index contributed by atoms with van der Waals surface area (Å²) in [5, 5.41) is 0. The predicted molar refractivity (Wildman–Crippen MR) is 51.8 cm³/mol. The van der Waals surface area contributed by atoms with Crippen LogP contribution < -0.4 is 0 Å². The van der Waals surface area contributed by atoms with Crippen molar-refractivity contribution in [3.63, 3.8) is 0 Å². The minimum atomic E-state index is -0.103. The minimum Gasteiger partial charge on any atom is -0.461 e. The van der Waals surface area contributed by atoms with E-state index in [-0.39, 0.29) is 5.97 Å². The van der Waals surface area contributed by atoms with Gasteiger partial charge in [-0.3, -0.25) is 4.79 Å². The lowest BCUT2D eigenvalue weighted by Crippen LogP contribution is -2.18. The van der Waals surface area contributed by atoms with Crippen LogP contribution >= 0.6 is 0 Å². The highest BCUT2D eigenvalue weighted by Gasteiger charge is 2.44. The molecule has 1 saturated carbocycles. The lowest BCUT2D eigenvalue weighted by atomic mass is 9.87. The Morgan fingerprint density at radius 2 is 2.36 bits per heavy atom. The number of ether oxygens (including phenoxy) is 2. The van der Waals surface area contributed by atoms with Crippen molar-refractivity contribution in [3.8, 4) is 0 Å². The van der Waals surface area contributed by atoms with E-state index in [1.807, 2.05) is 0 Å². The average Bonchev–Trinajstić information content (AvgIpc) is 2.92. The molecule has 0 aromatic carbocycles. The molecule has 1 aliphatic heterocycles. The SMILES string of the molecule is C=CCOC(=O)CC1CCC2OC2C1. The molecule has 2 rings (SSSR count). The van der Waals surface area contributed by atoms with Gasteiger partial charge in [-0.1, -0.05) is 12.7 Å². The predicted octanol–water partition coefficient (Wildman–Crippen LogP) is 1.67. The van der Waals surface area contributed by atoms with E-state index in [0.717, 1.165) is 19.3 Å². The van der Waals surface area contributed by atoms with Crippen LogP contribution in [0.25, 0.3) is 0 Å². The Kier molecular flexibility index (Phi) is 2.87. The second kappa shape index (κ2) is 4.13. The molecule has 1 heterocycles. The van der Waals surface area contributed by atoms with Crippen LogP contribution in [0.4, 0.5) is 0 Å². The van der Waals surface area contributed by atoms with E-state index in [1.165, 1.54) is 0 Å². The fourth-order valence-electron chi connectivity index (χ4n) is 2.12. The molecule has 1 saturated heterocycles. The first kappa shape index (κ1) is 9.71. The summed E-state index contributed by atoms with van der Waals surface area (Å²) in [4.78, 5) is 11.3. The van der Waals surface area contributed by atoms with Gasteiger partial charge < -0.3 is 9.47 Å². The quantitative estimate of drug-likeness (QED) is 0.390. The number of hydrogen-bond acceptors (Lipinski definition) is 3. The lowest BCUT2D eigenvalue weighted by molar-refractivity contribution is -0.143. The maximum atomic E-state index is 11.3. The summed E-state index contributed by atoms with van der Waals surface area (Å²) >= 11 is 0. The largest absolute Gasteiger partial charge is 0.461 e. The van der Waals surface area contributed by atoms with Gasteiger partial charge in [0.2, 0.25) is 0 Å². The van der Waals surface area contributed by atoms with Crippen molar-refractivity contribution in [2.24, 2.45) is 5.92 Å². The van der Waals surface area contributed by atoms with E-state index in [0.29, 0.717) is 31.2 Å². The molecule has 78 valence electrons. The van der Waals surface area contributed by atoms with Gasteiger partial charge in [-0.2, -0.15) is 0 Å². The van der Waals surface area contributed by atoms with Crippen LogP contribution in [0.15, 0.2) is 12.7 Å². The summed E-state index contributed by atoms with van der Waals surface area (Å²) < 4.78 is 10.3. The van der Waals surface area contributed by atoms with Gasteiger partial charge >= 0.3 is 5.97 Å². The number of epoxide rings is 1. The van der Waals surface area contributed by atoms with Gasteiger partial charge in [-0.15, -0.1) is 0 Å². The number of esters is 1. The molecular weight excluding hydrogens is 180 g/mol. The monoisotopic (exact) mass is 196 g/mol. The van der Waals surface area contributed by atoms with Gasteiger partial charge in [-0.25, -0.2) is 0 Å². The molecule has 2 aliphatic rings. The van der Waals surface area contributed by atoms with E-state index < -0.39 is 0 Å². The van der Waals surface area contributed by atoms with E-state index >= 15 is 0 Å². The Bertz CT molecular complexity index is 237. The summed E-state index contributed by atoms with van der Waals surface area (Å²) in [5.74, 6) is 0.366. The van der Waals surface area contributed by atoms with Crippen LogP contribution in [0.3, 0.4) is 0 Å². The number of carbonyl (C=O) groups is 1. The van der Waals surface area contributed by atoms with Crippen LogP contribution in [0.2, 0.25) is 0 Å². The molecule has 0 aromatic heterocycles. The van der Waals surface area contributed by atoms with Crippen molar-refractivity contribution < 1.29 is 14.3 Å². The third kappa shape index (κ3) is 2.35. The number of hydrogen-bond donors (Lipinski definition) is 0. The molecule has 1 aliphatic carbocycles. The van der Waals surface area contributed by atoms with Crippen LogP contribution in [-0.4, -0.2) is 24.8 Å². The Hall–Kier alpha value is -0.830. The van der Waals surface area contributed by atoms with Gasteiger partial charge in [0.1, 0.15) is 6.61 Å². The Balaban J connectivity index is 1.68. The van der Waals surface area contributed by atoms with Gasteiger partial charge in [0.15, 0.2) is 0 Å². The third-order valence-corrected chi connectivity index (χ3v) is 2.93. The summed E-state index contributed by atoms with van der Waals surface area (Å²) in [6.45, 7) is 3.83. The summed E-state index contributed by atoms with van der Waals surface area (Å²) in [7, 11) is 0. The average molecular weight is 196 g/mol. The zero-order chi connectivity index (χ0) is 9.97. The number of rotatable bonds is 4. The van der Waals surface area contributed by atoms with Crippen molar-refractivity contribution in [2.45, 2.75) is 37.9 Å². The molecule has 3 heteroatoms. The maximum absolute atomic E-state index is 11.3. The topological polar surface area (TPSA) is 38.8 Å². The summed E-state index contributed by atoms with van der Waals surface area (Å²) in [6.07, 6.45) is 6.35. The zero-order valence-electron chi connectivity index (χ0n) is 8.28. The molecule has 3 unspecified atom stereocenters. The van der Waals surface area contributed by atoms with E-state index in [1.54, 1.807) is 6.08 Å². The molecule has 0 radical (unpaired) electrons. The van der Waals surface area contributed by atoms with Crippen LogP contribution in [0.5, 0.6) is 0 Å². The van der Waals surface area contributed by atoms with Gasteiger partial charge in [0, 0.05) is 6.42 Å². The fourth-order valence-corrected chi connectivity index (χ4v) is 2.12. The Labute approximate surface area is 84.1 Å². The van der Waals surface area contributed by atoms with Gasteiger partial charge in [0.25, 0.3) is 0 Å². The van der Waals surface area contributed by atoms with Crippen LogP contribution in [-0.2, 0) is 14.3 Å². The summed E-state index contributed by atoms with van der Waals surface area (Å²) in [5.41, 5.74) is 0. The Morgan fingerprint density at radius 1 is 1.50 bits per heavy atom. The van der Waals surface area contributed by atoms with Gasteiger partial charge in [0.05, 0.1) is 12.2 Å². The molecule has 2 fully saturated rings. The molecule has 0 amide bonds. The van der Waals surface area contributed by atoms with Crippen molar-refractivity contribution in [1.29, 1.82) is 0 Å². The van der Waals surface area contributed by atoms with E-state index in [9.17, 15) is 4.79 Å². The smallest absolute Gasteiger partial charge is 0.306 e. The highest BCUT2D eigenvalue weighted by molar-refractivity contribution is 5.69. The standard InChI is InChI=1S/C11H16O3/c1-2-5-13-11(12)7-8-3-4-9-10(6-8)14-9/h2,8-10H,1,3-7H2. The first-order valence-electron chi connectivity index (χ1n) is 5.21. The van der Waals surface area contributed by atoms with Gasteiger partial charge in [-0.05, 0) is 25.2 Å². The molecule has 0 aromatic rings. The van der Waals surface area contributed by atoms with Crippen molar-refractivity contribution >= 4 is 5.97 Å². The molecule has 0 spiro atoms. The van der Waals surface area contributed by atoms with Crippen LogP contribution in [0.1, 0.15) is 25.7 Å². The van der Waals surface area contributed by atoms with Crippen molar-refractivity contribution in [3.05, 3.63) is 12.7 Å².